The number of phenolic OH excluding ortho intramolecular Hbond substituents is 1. The molecule has 0 unspecified atom stereocenters. The van der Waals surface area contributed by atoms with E-state index in [1.807, 2.05) is 0 Å². The van der Waals surface area contributed by atoms with E-state index in [1.54, 1.807) is 31.2 Å². The predicted molar refractivity (Wildman–Crippen MR) is 114 cm³/mol. The molecule has 3 aromatic rings. The fourth-order valence-corrected chi connectivity index (χ4v) is 4.54. The lowest BCUT2D eigenvalue weighted by atomic mass is 9.86. The van der Waals surface area contributed by atoms with Crippen LogP contribution in [0.4, 0.5) is 0 Å². The fourth-order valence-electron chi connectivity index (χ4n) is 4.54. The molecule has 0 saturated carbocycles. The predicted octanol–water partition coefficient (Wildman–Crippen LogP) is 1.20. The molecule has 2 aliphatic heterocycles. The maximum absolute atomic E-state index is 13.2. The fraction of sp³-hybridized carbons (Fsp3) is 0.304. The van der Waals surface area contributed by atoms with E-state index in [0.29, 0.717) is 34.3 Å². The van der Waals surface area contributed by atoms with Crippen molar-refractivity contribution in [2.75, 3.05) is 0 Å². The third-order valence-electron chi connectivity index (χ3n) is 6.39. The van der Waals surface area contributed by atoms with Gasteiger partial charge in [0.05, 0.1) is 29.0 Å². The number of hydrogen-bond acceptors (Lipinski definition) is 7. The van der Waals surface area contributed by atoms with E-state index in [4.69, 9.17) is 10.5 Å². The number of aromatic nitrogens is 2. The van der Waals surface area contributed by atoms with Crippen molar-refractivity contribution in [3.05, 3.63) is 56.9 Å². The summed E-state index contributed by atoms with van der Waals surface area (Å²) in [5.41, 5.74) is 6.40. The number of ether oxygens (including phenoxy) is 1. The Hall–Kier alpha value is -3.72. The van der Waals surface area contributed by atoms with Gasteiger partial charge in [-0.2, -0.15) is 0 Å². The zero-order valence-corrected chi connectivity index (χ0v) is 17.3. The minimum atomic E-state index is -1.88. The number of nitrogens with zero attached hydrogens (tertiary/aromatic N) is 2. The maximum atomic E-state index is 13.2. The summed E-state index contributed by atoms with van der Waals surface area (Å²) >= 11 is 0. The monoisotopic (exact) mass is 435 g/mol. The van der Waals surface area contributed by atoms with E-state index >= 15 is 0 Å². The molecule has 0 radical (unpaired) electrons. The molecule has 1 amide bonds. The first-order valence-electron chi connectivity index (χ1n) is 10.3. The van der Waals surface area contributed by atoms with Crippen molar-refractivity contribution in [1.82, 2.24) is 9.55 Å². The first-order chi connectivity index (χ1) is 15.2. The van der Waals surface area contributed by atoms with E-state index in [9.17, 15) is 24.6 Å². The molecule has 4 heterocycles. The lowest BCUT2D eigenvalue weighted by Gasteiger charge is -2.31. The number of carbonyl (C=O) groups excluding carboxylic acids is 2. The van der Waals surface area contributed by atoms with Gasteiger partial charge in [0.15, 0.2) is 5.60 Å². The molecule has 32 heavy (non-hydrogen) atoms. The molecular formula is C23H21N3O6. The molecule has 2 aliphatic rings. The summed E-state index contributed by atoms with van der Waals surface area (Å²) in [5, 5.41) is 22.2. The van der Waals surface area contributed by atoms with E-state index in [0.717, 1.165) is 5.56 Å². The molecule has 5 rings (SSSR count). The van der Waals surface area contributed by atoms with Crippen LogP contribution in [0.5, 0.6) is 5.75 Å². The first-order valence-corrected chi connectivity index (χ1v) is 10.3. The number of primary amides is 1. The van der Waals surface area contributed by atoms with E-state index in [2.05, 4.69) is 4.98 Å². The molecule has 2 aromatic heterocycles. The summed E-state index contributed by atoms with van der Waals surface area (Å²) in [6.07, 6.45) is 0.497. The lowest BCUT2D eigenvalue weighted by molar-refractivity contribution is -0.172. The number of fused-ring (bicyclic) bond motifs is 5. The van der Waals surface area contributed by atoms with Crippen LogP contribution in [0.1, 0.15) is 42.0 Å². The zero-order chi connectivity index (χ0) is 22.8. The molecule has 4 N–H and O–H groups in total. The van der Waals surface area contributed by atoms with Crippen LogP contribution in [0.2, 0.25) is 0 Å². The second-order valence-electron chi connectivity index (χ2n) is 8.21. The Balaban J connectivity index is 1.67. The number of benzene rings is 1. The van der Waals surface area contributed by atoms with Crippen molar-refractivity contribution in [3.8, 4) is 17.1 Å². The molecule has 9 nitrogen and oxygen atoms in total. The minimum Gasteiger partial charge on any atom is -0.507 e. The molecule has 164 valence electrons. The van der Waals surface area contributed by atoms with Crippen molar-refractivity contribution >= 4 is 22.8 Å². The second kappa shape index (κ2) is 6.89. The van der Waals surface area contributed by atoms with E-state index in [-0.39, 0.29) is 48.4 Å². The van der Waals surface area contributed by atoms with Crippen LogP contribution in [0.25, 0.3) is 22.3 Å². The normalized spacial score (nSPS) is 18.8. The Kier molecular flexibility index (Phi) is 4.35. The summed E-state index contributed by atoms with van der Waals surface area (Å²) < 4.78 is 6.61. The van der Waals surface area contributed by atoms with Gasteiger partial charge in [-0.25, -0.2) is 9.78 Å². The van der Waals surface area contributed by atoms with E-state index in [1.165, 1.54) is 4.57 Å². The molecule has 0 fully saturated rings. The topological polar surface area (TPSA) is 145 Å². The molecular weight excluding hydrogens is 414 g/mol. The average Bonchev–Trinajstić information content (AvgIpc) is 3.13. The van der Waals surface area contributed by atoms with Crippen molar-refractivity contribution in [2.45, 2.75) is 44.9 Å². The van der Waals surface area contributed by atoms with Crippen molar-refractivity contribution in [2.24, 2.45) is 5.73 Å². The van der Waals surface area contributed by atoms with Crippen LogP contribution in [0.15, 0.2) is 29.1 Å². The zero-order valence-electron chi connectivity index (χ0n) is 17.3. The maximum Gasteiger partial charge on any atom is 0.343 e. The summed E-state index contributed by atoms with van der Waals surface area (Å²) in [7, 11) is 0. The van der Waals surface area contributed by atoms with Crippen LogP contribution in [0, 0.1) is 0 Å². The number of cyclic esters (lactones) is 1. The van der Waals surface area contributed by atoms with Gasteiger partial charge < -0.3 is 25.3 Å². The highest BCUT2D eigenvalue weighted by atomic mass is 16.6. The number of aryl methyl sites for hydroxylation is 1. The molecule has 0 saturated heterocycles. The molecule has 0 aliphatic carbocycles. The van der Waals surface area contributed by atoms with Crippen molar-refractivity contribution in [3.63, 3.8) is 0 Å². The number of rotatable bonds is 4. The third kappa shape index (κ3) is 2.74. The Morgan fingerprint density at radius 2 is 2.09 bits per heavy atom. The SMILES string of the molecule is CC[C@@]1(O)C(=O)OCc2c1cc1n(c2=O)Cc2cc3c(O)c(CCC(N)=O)ccc3nc2-1. The Bertz CT molecular complexity index is 1390. The number of aliphatic hydroxyl groups is 1. The van der Waals surface area contributed by atoms with Gasteiger partial charge in [-0.3, -0.25) is 9.59 Å². The van der Waals surface area contributed by atoms with Crippen molar-refractivity contribution in [1.29, 1.82) is 0 Å². The van der Waals surface area contributed by atoms with Gasteiger partial charge in [0, 0.05) is 22.9 Å². The average molecular weight is 435 g/mol. The van der Waals surface area contributed by atoms with Gasteiger partial charge in [0.2, 0.25) is 5.91 Å². The number of nitrogens with two attached hydrogens (primary N) is 1. The number of phenols is 1. The van der Waals surface area contributed by atoms with Crippen LogP contribution >= 0.6 is 0 Å². The number of carbonyl (C=O) groups is 2. The Morgan fingerprint density at radius 1 is 1.31 bits per heavy atom. The van der Waals surface area contributed by atoms with Crippen LogP contribution in [0.3, 0.4) is 0 Å². The van der Waals surface area contributed by atoms with Gasteiger partial charge in [-0.1, -0.05) is 13.0 Å². The number of amides is 1. The minimum absolute atomic E-state index is 0.0287. The van der Waals surface area contributed by atoms with Crippen LogP contribution < -0.4 is 11.3 Å². The number of aromatic hydroxyl groups is 1. The third-order valence-corrected chi connectivity index (χ3v) is 6.39. The summed E-state index contributed by atoms with van der Waals surface area (Å²) in [6, 6.07) is 6.86. The highest BCUT2D eigenvalue weighted by molar-refractivity contribution is 5.90. The highest BCUT2D eigenvalue weighted by Crippen LogP contribution is 2.40. The van der Waals surface area contributed by atoms with Gasteiger partial charge in [-0.05, 0) is 36.6 Å². The summed E-state index contributed by atoms with van der Waals surface area (Å²) in [4.78, 5) is 41.2. The standard InChI is InChI=1S/C23H21N3O6/c1-2-23(31)15-8-17-19-12(9-26(17)21(29)14(15)10-32-22(23)30)7-13-16(25-19)5-3-11(20(13)28)4-6-18(24)27/h3,5,7-8,28,31H,2,4,6,9-10H2,1H3,(H2,24,27)/t23-/m0/s1. The second-order valence-corrected chi connectivity index (χ2v) is 8.21. The molecule has 1 atom stereocenters. The number of pyridine rings is 2. The summed E-state index contributed by atoms with van der Waals surface area (Å²) in [5.74, 6) is -1.19. The Labute approximate surface area is 182 Å². The largest absolute Gasteiger partial charge is 0.507 e. The van der Waals surface area contributed by atoms with E-state index < -0.39 is 17.5 Å². The summed E-state index contributed by atoms with van der Waals surface area (Å²) in [6.45, 7) is 1.70. The molecule has 0 spiro atoms. The van der Waals surface area contributed by atoms with Gasteiger partial charge in [0.1, 0.15) is 12.4 Å². The van der Waals surface area contributed by atoms with Crippen molar-refractivity contribution < 1.29 is 24.5 Å². The molecule has 9 heteroatoms. The molecule has 0 bridgehead atoms. The smallest absolute Gasteiger partial charge is 0.343 e. The van der Waals surface area contributed by atoms with Gasteiger partial charge in [-0.15, -0.1) is 0 Å². The first kappa shape index (κ1) is 20.2. The highest BCUT2D eigenvalue weighted by Gasteiger charge is 2.45. The van der Waals surface area contributed by atoms with Gasteiger partial charge in [0.25, 0.3) is 5.56 Å². The number of esters is 1. The quantitative estimate of drug-likeness (QED) is 0.409. The van der Waals surface area contributed by atoms with Crippen LogP contribution in [-0.2, 0) is 39.5 Å². The van der Waals surface area contributed by atoms with Gasteiger partial charge >= 0.3 is 5.97 Å². The Morgan fingerprint density at radius 3 is 2.81 bits per heavy atom. The lowest BCUT2D eigenvalue weighted by Crippen LogP contribution is -2.44. The number of hydrogen-bond donors (Lipinski definition) is 3. The molecule has 1 aromatic carbocycles. The van der Waals surface area contributed by atoms with Crippen LogP contribution in [-0.4, -0.2) is 31.6 Å².